The number of benzene rings is 1. The number of aromatic nitrogens is 1. The largest absolute Gasteiger partial charge is 0.372 e. The number of fused-ring (bicyclic) bond motifs is 4. The molecule has 0 amide bonds. The van der Waals surface area contributed by atoms with Gasteiger partial charge in [-0.1, -0.05) is 13.0 Å². The van der Waals surface area contributed by atoms with Crippen molar-refractivity contribution in [1.29, 1.82) is 0 Å². The molecule has 0 radical (unpaired) electrons. The van der Waals surface area contributed by atoms with Crippen molar-refractivity contribution in [3.63, 3.8) is 0 Å². The molecule has 1 aromatic carbocycles. The summed E-state index contributed by atoms with van der Waals surface area (Å²) in [5.41, 5.74) is 4.56. The Kier molecular flexibility index (Phi) is 3.92. The molecule has 0 bridgehead atoms. The summed E-state index contributed by atoms with van der Waals surface area (Å²) in [5, 5.41) is 3.76. The average molecular weight is 359 g/mol. The van der Waals surface area contributed by atoms with Crippen LogP contribution in [0, 0.1) is 6.92 Å². The fourth-order valence-electron chi connectivity index (χ4n) is 4.18. The second-order valence-electron chi connectivity index (χ2n) is 7.21. The summed E-state index contributed by atoms with van der Waals surface area (Å²) in [6.45, 7) is 5.15. The van der Waals surface area contributed by atoms with Gasteiger partial charge in [0.25, 0.3) is 0 Å². The minimum atomic E-state index is -3.12. The molecule has 1 aromatic heterocycles. The molecular weight excluding hydrogens is 334 g/mol. The normalized spacial score (nSPS) is 19.3. The molecule has 5 nitrogen and oxygen atoms in total. The van der Waals surface area contributed by atoms with Gasteiger partial charge in [-0.05, 0) is 56.0 Å². The van der Waals surface area contributed by atoms with Gasteiger partial charge in [-0.15, -0.1) is 0 Å². The highest BCUT2D eigenvalue weighted by Gasteiger charge is 2.43. The van der Waals surface area contributed by atoms with Crippen LogP contribution < -0.4 is 5.32 Å². The van der Waals surface area contributed by atoms with E-state index in [1.807, 2.05) is 6.92 Å². The van der Waals surface area contributed by atoms with E-state index in [1.54, 1.807) is 4.31 Å². The standard InChI is InChI=1S/C19H25N3O2S/c1-3-13-25(23,24)21-11-8-19(9-12-21)18-5-4-10-22(18)17-7-6-15(2)14-16(17)20-19/h4-7,10,14,20H,3,8-9,11-13H2,1-2H3. The Morgan fingerprint density at radius 2 is 1.96 bits per heavy atom. The second-order valence-corrected chi connectivity index (χ2v) is 9.29. The third kappa shape index (κ3) is 2.68. The zero-order chi connectivity index (χ0) is 17.7. The maximum Gasteiger partial charge on any atom is 0.214 e. The Balaban J connectivity index is 1.67. The number of aryl methyl sites for hydroxylation is 1. The van der Waals surface area contributed by atoms with Crippen molar-refractivity contribution in [3.05, 3.63) is 47.8 Å². The molecule has 6 heteroatoms. The van der Waals surface area contributed by atoms with Crippen LogP contribution >= 0.6 is 0 Å². The molecule has 0 atom stereocenters. The summed E-state index contributed by atoms with van der Waals surface area (Å²) >= 11 is 0. The number of nitrogens with one attached hydrogen (secondary N) is 1. The highest BCUT2D eigenvalue weighted by atomic mass is 32.2. The Hall–Kier alpha value is -1.79. The third-order valence-electron chi connectivity index (χ3n) is 5.46. The van der Waals surface area contributed by atoms with Gasteiger partial charge in [0, 0.05) is 25.0 Å². The molecule has 1 spiro atoms. The van der Waals surface area contributed by atoms with Crippen molar-refractivity contribution in [2.24, 2.45) is 0 Å². The van der Waals surface area contributed by atoms with Gasteiger partial charge in [0.05, 0.1) is 22.7 Å². The third-order valence-corrected chi connectivity index (χ3v) is 7.53. The van der Waals surface area contributed by atoms with Gasteiger partial charge in [0.1, 0.15) is 0 Å². The Morgan fingerprint density at radius 3 is 2.68 bits per heavy atom. The molecule has 4 rings (SSSR count). The number of hydrogen-bond acceptors (Lipinski definition) is 3. The van der Waals surface area contributed by atoms with E-state index in [4.69, 9.17) is 0 Å². The maximum absolute atomic E-state index is 12.4. The lowest BCUT2D eigenvalue weighted by Gasteiger charge is -2.46. The van der Waals surface area contributed by atoms with E-state index in [-0.39, 0.29) is 11.3 Å². The van der Waals surface area contributed by atoms with Crippen LogP contribution in [0.4, 0.5) is 5.69 Å². The Morgan fingerprint density at radius 1 is 1.20 bits per heavy atom. The van der Waals surface area contributed by atoms with Crippen LogP contribution in [0.3, 0.4) is 0 Å². The van der Waals surface area contributed by atoms with Crippen LogP contribution in [0.2, 0.25) is 0 Å². The molecule has 1 saturated heterocycles. The van der Waals surface area contributed by atoms with Crippen molar-refractivity contribution in [2.45, 2.75) is 38.6 Å². The molecule has 1 fully saturated rings. The zero-order valence-corrected chi connectivity index (χ0v) is 15.6. The van der Waals surface area contributed by atoms with Gasteiger partial charge >= 0.3 is 0 Å². The zero-order valence-electron chi connectivity index (χ0n) is 14.8. The number of sulfonamides is 1. The average Bonchev–Trinajstić information content (AvgIpc) is 3.06. The topological polar surface area (TPSA) is 54.3 Å². The van der Waals surface area contributed by atoms with E-state index >= 15 is 0 Å². The van der Waals surface area contributed by atoms with Crippen LogP contribution in [0.1, 0.15) is 37.4 Å². The SMILES string of the molecule is CCCS(=O)(=O)N1CCC2(CC1)Nc1cc(C)ccc1-n1cccc12. The highest BCUT2D eigenvalue weighted by Crippen LogP contribution is 2.43. The van der Waals surface area contributed by atoms with E-state index in [1.165, 1.54) is 11.3 Å². The van der Waals surface area contributed by atoms with E-state index < -0.39 is 10.0 Å². The van der Waals surface area contributed by atoms with E-state index in [2.05, 4.69) is 53.3 Å². The Labute approximate surface area is 149 Å². The first-order valence-corrected chi connectivity index (χ1v) is 10.6. The molecule has 1 N–H and O–H groups in total. The summed E-state index contributed by atoms with van der Waals surface area (Å²) < 4.78 is 28.7. The van der Waals surface area contributed by atoms with Crippen LogP contribution in [0.5, 0.6) is 0 Å². The molecule has 25 heavy (non-hydrogen) atoms. The predicted molar refractivity (Wildman–Crippen MR) is 101 cm³/mol. The van der Waals surface area contributed by atoms with Crippen molar-refractivity contribution < 1.29 is 8.42 Å². The van der Waals surface area contributed by atoms with Crippen molar-refractivity contribution in [1.82, 2.24) is 8.87 Å². The lowest BCUT2D eigenvalue weighted by molar-refractivity contribution is 0.247. The monoisotopic (exact) mass is 359 g/mol. The molecule has 3 heterocycles. The van der Waals surface area contributed by atoms with Gasteiger partial charge < -0.3 is 9.88 Å². The smallest absolute Gasteiger partial charge is 0.214 e. The van der Waals surface area contributed by atoms with Crippen LogP contribution in [0.25, 0.3) is 5.69 Å². The minimum absolute atomic E-state index is 0.192. The number of nitrogens with zero attached hydrogens (tertiary/aromatic N) is 2. The predicted octanol–water partition coefficient (Wildman–Crippen LogP) is 3.24. The van der Waals surface area contributed by atoms with E-state index in [0.717, 1.165) is 24.2 Å². The molecule has 0 aliphatic carbocycles. The fraction of sp³-hybridized carbons (Fsp3) is 0.474. The molecule has 0 unspecified atom stereocenters. The Bertz CT molecular complexity index is 893. The van der Waals surface area contributed by atoms with Gasteiger partial charge in [-0.2, -0.15) is 0 Å². The summed E-state index contributed by atoms with van der Waals surface area (Å²) in [6, 6.07) is 10.7. The van der Waals surface area contributed by atoms with Crippen molar-refractivity contribution >= 4 is 15.7 Å². The molecule has 2 aliphatic rings. The summed E-state index contributed by atoms with van der Waals surface area (Å²) in [5.74, 6) is 0.242. The van der Waals surface area contributed by atoms with Crippen molar-refractivity contribution in [3.8, 4) is 5.69 Å². The van der Waals surface area contributed by atoms with Crippen LogP contribution in [-0.4, -0.2) is 36.1 Å². The van der Waals surface area contributed by atoms with E-state index in [0.29, 0.717) is 19.5 Å². The van der Waals surface area contributed by atoms with E-state index in [9.17, 15) is 8.42 Å². The van der Waals surface area contributed by atoms with Gasteiger partial charge in [0.15, 0.2) is 0 Å². The number of hydrogen-bond donors (Lipinski definition) is 1. The lowest BCUT2D eigenvalue weighted by Crippen LogP contribution is -2.51. The van der Waals surface area contributed by atoms with Gasteiger partial charge in [0.2, 0.25) is 10.0 Å². The molecule has 134 valence electrons. The lowest BCUT2D eigenvalue weighted by atomic mass is 9.83. The minimum Gasteiger partial charge on any atom is -0.372 e. The second kappa shape index (κ2) is 5.88. The van der Waals surface area contributed by atoms with Crippen molar-refractivity contribution in [2.75, 3.05) is 24.2 Å². The van der Waals surface area contributed by atoms with Gasteiger partial charge in [-0.25, -0.2) is 12.7 Å². The molecule has 2 aliphatic heterocycles. The summed E-state index contributed by atoms with van der Waals surface area (Å²) in [7, 11) is -3.12. The quantitative estimate of drug-likeness (QED) is 0.915. The number of rotatable bonds is 3. The molecule has 2 aromatic rings. The first kappa shape index (κ1) is 16.7. The number of anilines is 1. The van der Waals surface area contributed by atoms with Gasteiger partial charge in [-0.3, -0.25) is 0 Å². The molecular formula is C19H25N3O2S. The summed E-state index contributed by atoms with van der Waals surface area (Å²) in [4.78, 5) is 0. The first-order valence-electron chi connectivity index (χ1n) is 9.00. The van der Waals surface area contributed by atoms with Crippen LogP contribution in [0.15, 0.2) is 36.5 Å². The highest BCUT2D eigenvalue weighted by molar-refractivity contribution is 7.89. The summed E-state index contributed by atoms with van der Waals surface area (Å²) in [6.07, 6.45) is 4.34. The maximum atomic E-state index is 12.4. The number of piperidine rings is 1. The fourth-order valence-corrected chi connectivity index (χ4v) is 5.69. The molecule has 0 saturated carbocycles. The first-order chi connectivity index (χ1) is 12.0. The van der Waals surface area contributed by atoms with Crippen LogP contribution in [-0.2, 0) is 15.6 Å².